The highest BCUT2D eigenvalue weighted by Crippen LogP contribution is 2.31. The predicted molar refractivity (Wildman–Crippen MR) is 135 cm³/mol. The number of amides is 1. The molecule has 1 aliphatic heterocycles. The number of aromatic nitrogens is 2. The normalized spacial score (nSPS) is 15.6. The minimum atomic E-state index is -0.642. The van der Waals surface area contributed by atoms with Gasteiger partial charge in [-0.1, -0.05) is 53.3 Å². The number of carbonyl (C=O) groups excluding carboxylic acids is 1. The highest BCUT2D eigenvalue weighted by molar-refractivity contribution is 7.07. The molecule has 0 saturated heterocycles. The van der Waals surface area contributed by atoms with Crippen LogP contribution in [0.25, 0.3) is 6.08 Å². The molecule has 0 aliphatic carbocycles. The number of nitrogens with one attached hydrogen (secondary N) is 1. The van der Waals surface area contributed by atoms with Crippen LogP contribution >= 0.6 is 22.9 Å². The summed E-state index contributed by atoms with van der Waals surface area (Å²) in [7, 11) is 0. The Bertz CT molecular complexity index is 1570. The lowest BCUT2D eigenvalue weighted by atomic mass is 9.95. The Morgan fingerprint density at radius 2 is 1.76 bits per heavy atom. The number of carbonyl (C=O) groups is 1. The quantitative estimate of drug-likeness (QED) is 0.475. The van der Waals surface area contributed by atoms with Crippen LogP contribution in [0.3, 0.4) is 0 Å². The van der Waals surface area contributed by atoms with Gasteiger partial charge in [0.25, 0.3) is 11.5 Å². The van der Waals surface area contributed by atoms with E-state index < -0.39 is 6.04 Å². The summed E-state index contributed by atoms with van der Waals surface area (Å²) in [5, 5.41) is 3.51. The maximum Gasteiger partial charge on any atom is 0.271 e. The molecule has 6 nitrogen and oxygen atoms in total. The van der Waals surface area contributed by atoms with Crippen LogP contribution < -0.4 is 20.2 Å². The fourth-order valence-electron chi connectivity index (χ4n) is 3.90. The minimum Gasteiger partial charge on any atom is -0.322 e. The number of rotatable bonds is 4. The van der Waals surface area contributed by atoms with E-state index in [9.17, 15) is 9.59 Å². The molecule has 0 saturated carbocycles. The van der Waals surface area contributed by atoms with Crippen molar-refractivity contribution in [3.05, 3.63) is 126 Å². The first-order valence-electron chi connectivity index (χ1n) is 10.6. The van der Waals surface area contributed by atoms with Gasteiger partial charge in [-0.2, -0.15) is 0 Å². The van der Waals surface area contributed by atoms with Crippen molar-refractivity contribution >= 4 is 40.6 Å². The van der Waals surface area contributed by atoms with Gasteiger partial charge in [-0.05, 0) is 60.5 Å². The zero-order valence-corrected chi connectivity index (χ0v) is 19.7. The summed E-state index contributed by atoms with van der Waals surface area (Å²) in [6, 6.07) is 19.4. The molecule has 0 fully saturated rings. The molecule has 0 radical (unpaired) electrons. The Labute approximate surface area is 204 Å². The molecular formula is C26H19ClN4O2S. The van der Waals surface area contributed by atoms with Crippen molar-refractivity contribution in [3.63, 3.8) is 0 Å². The van der Waals surface area contributed by atoms with Gasteiger partial charge >= 0.3 is 0 Å². The van der Waals surface area contributed by atoms with E-state index in [1.807, 2.05) is 60.7 Å². The van der Waals surface area contributed by atoms with Crippen molar-refractivity contribution in [2.24, 2.45) is 4.99 Å². The molecule has 1 atom stereocenters. The standard InChI is InChI=1S/C26H19ClN4O2S/c1-16-22(24(32)30-20-5-3-2-4-6-20)23(18-7-9-19(27)10-8-18)31-25(33)21(34-26(31)29-16)15-17-11-13-28-14-12-17/h2-15,23H,1H3,(H,30,32)/b21-15+. The fourth-order valence-corrected chi connectivity index (χ4v) is 5.08. The summed E-state index contributed by atoms with van der Waals surface area (Å²) in [5.74, 6) is -0.309. The maximum atomic E-state index is 13.6. The number of hydrogen-bond donors (Lipinski definition) is 1. The van der Waals surface area contributed by atoms with Gasteiger partial charge in [-0.15, -0.1) is 0 Å². The van der Waals surface area contributed by atoms with E-state index in [1.165, 1.54) is 11.3 Å². The molecule has 1 N–H and O–H groups in total. The highest BCUT2D eigenvalue weighted by Gasteiger charge is 2.32. The maximum absolute atomic E-state index is 13.6. The molecule has 1 amide bonds. The zero-order valence-electron chi connectivity index (χ0n) is 18.1. The predicted octanol–water partition coefficient (Wildman–Crippen LogP) is 3.92. The molecule has 34 heavy (non-hydrogen) atoms. The second-order valence-corrected chi connectivity index (χ2v) is 9.18. The average Bonchev–Trinajstić information content (AvgIpc) is 3.14. The van der Waals surface area contributed by atoms with Crippen molar-refractivity contribution in [3.8, 4) is 0 Å². The summed E-state index contributed by atoms with van der Waals surface area (Å²) in [4.78, 5) is 36.3. The smallest absolute Gasteiger partial charge is 0.271 e. The van der Waals surface area contributed by atoms with E-state index >= 15 is 0 Å². The molecule has 8 heteroatoms. The number of fused-ring (bicyclic) bond motifs is 1. The number of hydrogen-bond acceptors (Lipinski definition) is 5. The lowest BCUT2D eigenvalue weighted by Gasteiger charge is -2.25. The topological polar surface area (TPSA) is 76.3 Å². The molecule has 1 aliphatic rings. The van der Waals surface area contributed by atoms with E-state index in [4.69, 9.17) is 11.6 Å². The molecule has 0 bridgehead atoms. The van der Waals surface area contributed by atoms with E-state index in [0.717, 1.165) is 11.1 Å². The molecule has 1 unspecified atom stereocenters. The summed E-state index contributed by atoms with van der Waals surface area (Å²) in [5.41, 5.74) is 3.06. The van der Waals surface area contributed by atoms with Crippen LogP contribution in [-0.4, -0.2) is 15.5 Å². The van der Waals surface area contributed by atoms with E-state index in [0.29, 0.717) is 31.3 Å². The van der Waals surface area contributed by atoms with Crippen molar-refractivity contribution in [1.82, 2.24) is 9.55 Å². The third-order valence-electron chi connectivity index (χ3n) is 5.49. The van der Waals surface area contributed by atoms with Crippen LogP contribution in [-0.2, 0) is 4.79 Å². The van der Waals surface area contributed by atoms with Gasteiger partial charge in [0.05, 0.1) is 21.8 Å². The SMILES string of the molecule is CC1=C(C(=O)Nc2ccccc2)C(c2ccc(Cl)cc2)n2c(s/c(=C/c3ccncc3)c2=O)=N1. The van der Waals surface area contributed by atoms with Gasteiger partial charge in [-0.3, -0.25) is 19.1 Å². The Hall–Kier alpha value is -3.81. The van der Waals surface area contributed by atoms with E-state index in [1.54, 1.807) is 36.0 Å². The number of benzene rings is 2. The van der Waals surface area contributed by atoms with Gasteiger partial charge in [0.15, 0.2) is 4.80 Å². The number of nitrogens with zero attached hydrogens (tertiary/aromatic N) is 3. The first-order chi connectivity index (χ1) is 16.5. The van der Waals surface area contributed by atoms with E-state index in [-0.39, 0.29) is 11.5 Å². The number of pyridine rings is 1. The number of halogens is 1. The molecule has 3 heterocycles. The van der Waals surface area contributed by atoms with Crippen LogP contribution in [0.15, 0.2) is 100 Å². The number of thiazole rings is 1. The Kier molecular flexibility index (Phi) is 5.96. The lowest BCUT2D eigenvalue weighted by Crippen LogP contribution is -2.40. The third kappa shape index (κ3) is 4.23. The molecule has 168 valence electrons. The molecule has 2 aromatic carbocycles. The van der Waals surface area contributed by atoms with Crippen LogP contribution in [0.4, 0.5) is 5.69 Å². The largest absolute Gasteiger partial charge is 0.322 e. The van der Waals surface area contributed by atoms with Crippen molar-refractivity contribution in [2.45, 2.75) is 13.0 Å². The van der Waals surface area contributed by atoms with Crippen molar-refractivity contribution in [2.75, 3.05) is 5.32 Å². The van der Waals surface area contributed by atoms with Gasteiger partial charge in [0, 0.05) is 23.1 Å². The molecular weight excluding hydrogens is 468 g/mol. The number of anilines is 1. The summed E-state index contributed by atoms with van der Waals surface area (Å²) >= 11 is 7.42. The second-order valence-electron chi connectivity index (χ2n) is 7.73. The summed E-state index contributed by atoms with van der Waals surface area (Å²) in [6.07, 6.45) is 5.17. The second kappa shape index (κ2) is 9.21. The molecule has 0 spiro atoms. The Balaban J connectivity index is 1.68. The van der Waals surface area contributed by atoms with Gasteiger partial charge in [0.2, 0.25) is 0 Å². The minimum absolute atomic E-state index is 0.210. The average molecular weight is 487 g/mol. The van der Waals surface area contributed by atoms with Crippen LogP contribution in [0, 0.1) is 0 Å². The lowest BCUT2D eigenvalue weighted by molar-refractivity contribution is -0.113. The molecule has 2 aromatic heterocycles. The summed E-state index contributed by atoms with van der Waals surface area (Å²) in [6.45, 7) is 1.79. The monoisotopic (exact) mass is 486 g/mol. The molecule has 5 rings (SSSR count). The van der Waals surface area contributed by atoms with Gasteiger partial charge in [-0.25, -0.2) is 4.99 Å². The van der Waals surface area contributed by atoms with Crippen LogP contribution in [0.1, 0.15) is 24.1 Å². The fraction of sp³-hybridized carbons (Fsp3) is 0.0769. The number of para-hydroxylation sites is 1. The van der Waals surface area contributed by atoms with Crippen molar-refractivity contribution < 1.29 is 4.79 Å². The Morgan fingerprint density at radius 3 is 2.47 bits per heavy atom. The van der Waals surface area contributed by atoms with Crippen LogP contribution in [0.5, 0.6) is 0 Å². The third-order valence-corrected chi connectivity index (χ3v) is 6.72. The first kappa shape index (κ1) is 22.0. The highest BCUT2D eigenvalue weighted by atomic mass is 35.5. The van der Waals surface area contributed by atoms with Crippen LogP contribution in [0.2, 0.25) is 5.02 Å². The number of allylic oxidation sites excluding steroid dienone is 1. The van der Waals surface area contributed by atoms with Gasteiger partial charge in [0.1, 0.15) is 0 Å². The zero-order chi connectivity index (χ0) is 23.7. The first-order valence-corrected chi connectivity index (χ1v) is 11.7. The van der Waals surface area contributed by atoms with E-state index in [2.05, 4.69) is 15.3 Å². The van der Waals surface area contributed by atoms with Gasteiger partial charge < -0.3 is 5.32 Å². The van der Waals surface area contributed by atoms with Crippen molar-refractivity contribution in [1.29, 1.82) is 0 Å². The Morgan fingerprint density at radius 1 is 1.06 bits per heavy atom. The molecule has 4 aromatic rings. The summed E-state index contributed by atoms with van der Waals surface area (Å²) < 4.78 is 2.12.